The molecule has 110 valence electrons. The molecule has 1 aliphatic rings. The number of amides is 2. The van der Waals surface area contributed by atoms with Crippen LogP contribution < -0.4 is 5.32 Å². The molecule has 0 spiro atoms. The molecule has 1 aromatic rings. The molecule has 1 aliphatic heterocycles. The summed E-state index contributed by atoms with van der Waals surface area (Å²) in [6.07, 6.45) is 3.58. The zero-order valence-electron chi connectivity index (χ0n) is 12.3. The van der Waals surface area contributed by atoms with Gasteiger partial charge < -0.3 is 0 Å². The van der Waals surface area contributed by atoms with Crippen molar-refractivity contribution >= 4 is 11.8 Å². The number of nitrogens with one attached hydrogen (secondary N) is 1. The summed E-state index contributed by atoms with van der Waals surface area (Å²) >= 11 is 0. The first kappa shape index (κ1) is 14.7. The van der Waals surface area contributed by atoms with E-state index in [1.54, 1.807) is 0 Å². The fourth-order valence-electron chi connectivity index (χ4n) is 2.25. The molecule has 1 saturated heterocycles. The van der Waals surface area contributed by atoms with Gasteiger partial charge in [-0.2, -0.15) is 5.10 Å². The van der Waals surface area contributed by atoms with Crippen LogP contribution in [0.1, 0.15) is 45.3 Å². The predicted molar refractivity (Wildman–Crippen MR) is 74.9 cm³/mol. The van der Waals surface area contributed by atoms with E-state index in [4.69, 9.17) is 0 Å². The SMILES string of the molecule is CCC1NCC(=O)N(Cc2ccn(C(C)CC)n2)C1=O. The van der Waals surface area contributed by atoms with Crippen LogP contribution in [0.15, 0.2) is 12.3 Å². The average Bonchev–Trinajstić information content (AvgIpc) is 2.91. The van der Waals surface area contributed by atoms with Crippen LogP contribution in [0.3, 0.4) is 0 Å². The van der Waals surface area contributed by atoms with Gasteiger partial charge in [0.2, 0.25) is 11.8 Å². The van der Waals surface area contributed by atoms with Gasteiger partial charge in [-0.25, -0.2) is 0 Å². The van der Waals surface area contributed by atoms with Gasteiger partial charge in [-0.1, -0.05) is 13.8 Å². The molecule has 1 fully saturated rings. The van der Waals surface area contributed by atoms with E-state index in [2.05, 4.69) is 24.3 Å². The van der Waals surface area contributed by atoms with Crippen molar-refractivity contribution in [3.8, 4) is 0 Å². The van der Waals surface area contributed by atoms with Gasteiger partial charge in [0.15, 0.2) is 0 Å². The molecule has 0 bridgehead atoms. The van der Waals surface area contributed by atoms with E-state index >= 15 is 0 Å². The van der Waals surface area contributed by atoms with Crippen molar-refractivity contribution < 1.29 is 9.59 Å². The normalized spacial score (nSPS) is 21.4. The van der Waals surface area contributed by atoms with Crippen LogP contribution in [0.2, 0.25) is 0 Å². The number of hydrogen-bond acceptors (Lipinski definition) is 4. The van der Waals surface area contributed by atoms with Crippen LogP contribution in [-0.2, 0) is 16.1 Å². The highest BCUT2D eigenvalue weighted by molar-refractivity contribution is 6.01. The van der Waals surface area contributed by atoms with Crippen molar-refractivity contribution in [1.29, 1.82) is 0 Å². The molecule has 0 aromatic carbocycles. The second-order valence-corrected chi connectivity index (χ2v) is 5.20. The topological polar surface area (TPSA) is 67.2 Å². The summed E-state index contributed by atoms with van der Waals surface area (Å²) in [5.74, 6) is -0.334. The summed E-state index contributed by atoms with van der Waals surface area (Å²) in [7, 11) is 0. The Morgan fingerprint density at radius 2 is 2.20 bits per heavy atom. The third-order valence-electron chi connectivity index (χ3n) is 3.80. The lowest BCUT2D eigenvalue weighted by molar-refractivity contribution is -0.150. The van der Waals surface area contributed by atoms with Crippen molar-refractivity contribution in [2.45, 2.75) is 52.2 Å². The van der Waals surface area contributed by atoms with E-state index in [1.165, 1.54) is 4.90 Å². The van der Waals surface area contributed by atoms with Crippen molar-refractivity contribution in [3.05, 3.63) is 18.0 Å². The van der Waals surface area contributed by atoms with Crippen LogP contribution in [0.4, 0.5) is 0 Å². The smallest absolute Gasteiger partial charge is 0.246 e. The van der Waals surface area contributed by atoms with Crippen LogP contribution in [0, 0.1) is 0 Å². The Morgan fingerprint density at radius 3 is 2.85 bits per heavy atom. The molecule has 20 heavy (non-hydrogen) atoms. The van der Waals surface area contributed by atoms with E-state index in [1.807, 2.05) is 23.9 Å². The van der Waals surface area contributed by atoms with Gasteiger partial charge in [0.1, 0.15) is 0 Å². The second-order valence-electron chi connectivity index (χ2n) is 5.20. The molecule has 2 rings (SSSR count). The third kappa shape index (κ3) is 2.90. The summed E-state index contributed by atoms with van der Waals surface area (Å²) in [5.41, 5.74) is 0.753. The zero-order valence-corrected chi connectivity index (χ0v) is 12.3. The maximum absolute atomic E-state index is 12.2. The van der Waals surface area contributed by atoms with Gasteiger partial charge in [-0.3, -0.25) is 24.5 Å². The monoisotopic (exact) mass is 278 g/mol. The third-order valence-corrected chi connectivity index (χ3v) is 3.80. The number of aromatic nitrogens is 2. The first-order valence-electron chi connectivity index (χ1n) is 7.18. The van der Waals surface area contributed by atoms with Gasteiger partial charge in [0, 0.05) is 12.2 Å². The highest BCUT2D eigenvalue weighted by Gasteiger charge is 2.33. The quantitative estimate of drug-likeness (QED) is 0.819. The Bertz CT molecular complexity index is 497. The summed E-state index contributed by atoms with van der Waals surface area (Å²) in [5, 5.41) is 7.40. The first-order valence-corrected chi connectivity index (χ1v) is 7.18. The van der Waals surface area contributed by atoms with Crippen molar-refractivity contribution in [2.24, 2.45) is 0 Å². The predicted octanol–water partition coefficient (Wildman–Crippen LogP) is 1.09. The summed E-state index contributed by atoms with van der Waals surface area (Å²) in [4.78, 5) is 25.4. The van der Waals surface area contributed by atoms with Gasteiger partial charge >= 0.3 is 0 Å². The first-order chi connectivity index (χ1) is 9.56. The highest BCUT2D eigenvalue weighted by Crippen LogP contribution is 2.13. The number of carbonyl (C=O) groups excluding carboxylic acids is 2. The minimum Gasteiger partial charge on any atom is -0.297 e. The van der Waals surface area contributed by atoms with E-state index in [-0.39, 0.29) is 30.9 Å². The summed E-state index contributed by atoms with van der Waals surface area (Å²) < 4.78 is 1.88. The Labute approximate surface area is 119 Å². The Kier molecular flexibility index (Phi) is 4.54. The molecule has 0 radical (unpaired) electrons. The number of rotatable bonds is 5. The minimum absolute atomic E-state index is 0.151. The standard InChI is InChI=1S/C14H22N4O2/c1-4-10(3)18-7-6-11(16-18)9-17-13(19)8-15-12(5-2)14(17)20/h6-7,10,12,15H,4-5,8-9H2,1-3H3. The van der Waals surface area contributed by atoms with Gasteiger partial charge in [0.25, 0.3) is 0 Å². The Balaban J connectivity index is 2.09. The Hall–Kier alpha value is -1.69. The second kappa shape index (κ2) is 6.17. The number of piperazine rings is 1. The lowest BCUT2D eigenvalue weighted by atomic mass is 10.1. The molecule has 2 amide bonds. The van der Waals surface area contributed by atoms with Crippen molar-refractivity contribution in [2.75, 3.05) is 6.54 Å². The fraction of sp³-hybridized carbons (Fsp3) is 0.643. The van der Waals surface area contributed by atoms with Gasteiger partial charge in [-0.05, 0) is 25.8 Å². The van der Waals surface area contributed by atoms with E-state index < -0.39 is 0 Å². The molecular weight excluding hydrogens is 256 g/mol. The number of nitrogens with zero attached hydrogens (tertiary/aromatic N) is 3. The number of hydrogen-bond donors (Lipinski definition) is 1. The number of imide groups is 1. The number of carbonyl (C=O) groups is 2. The molecular formula is C14H22N4O2. The van der Waals surface area contributed by atoms with Gasteiger partial charge in [0.05, 0.1) is 24.8 Å². The average molecular weight is 278 g/mol. The zero-order chi connectivity index (χ0) is 14.7. The molecule has 1 N–H and O–H groups in total. The molecule has 2 heterocycles. The van der Waals surface area contributed by atoms with Crippen molar-refractivity contribution in [3.63, 3.8) is 0 Å². The lowest BCUT2D eigenvalue weighted by Gasteiger charge is -2.30. The van der Waals surface area contributed by atoms with Crippen LogP contribution >= 0.6 is 0 Å². The van der Waals surface area contributed by atoms with Crippen LogP contribution in [0.25, 0.3) is 0 Å². The largest absolute Gasteiger partial charge is 0.297 e. The molecule has 6 heteroatoms. The molecule has 0 aliphatic carbocycles. The minimum atomic E-state index is -0.260. The molecule has 1 aromatic heterocycles. The van der Waals surface area contributed by atoms with E-state index in [0.29, 0.717) is 12.5 Å². The van der Waals surface area contributed by atoms with Gasteiger partial charge in [-0.15, -0.1) is 0 Å². The maximum Gasteiger partial charge on any atom is 0.246 e. The summed E-state index contributed by atoms with van der Waals surface area (Å²) in [6, 6.07) is 1.93. The van der Waals surface area contributed by atoms with Crippen LogP contribution in [-0.4, -0.2) is 39.1 Å². The maximum atomic E-state index is 12.2. The van der Waals surface area contributed by atoms with Crippen molar-refractivity contribution in [1.82, 2.24) is 20.0 Å². The fourth-order valence-corrected chi connectivity index (χ4v) is 2.25. The van der Waals surface area contributed by atoms with Crippen LogP contribution in [0.5, 0.6) is 0 Å². The molecule has 6 nitrogen and oxygen atoms in total. The highest BCUT2D eigenvalue weighted by atomic mass is 16.2. The molecule has 2 unspecified atom stereocenters. The summed E-state index contributed by atoms with van der Waals surface area (Å²) in [6.45, 7) is 6.60. The molecule has 0 saturated carbocycles. The van der Waals surface area contributed by atoms with E-state index in [0.717, 1.165) is 12.1 Å². The van der Waals surface area contributed by atoms with E-state index in [9.17, 15) is 9.59 Å². The lowest BCUT2D eigenvalue weighted by Crippen LogP contribution is -2.57. The molecule has 2 atom stereocenters. The Morgan fingerprint density at radius 1 is 1.45 bits per heavy atom.